The average Bonchev–Trinajstić information content (AvgIpc) is 3.53. The number of ether oxygens (including phenoxy) is 1. The van der Waals surface area contributed by atoms with Crippen molar-refractivity contribution in [3.8, 4) is 5.75 Å². The first-order valence-corrected chi connectivity index (χ1v) is 12.6. The Morgan fingerprint density at radius 3 is 2.64 bits per heavy atom. The van der Waals surface area contributed by atoms with Gasteiger partial charge in [0.25, 0.3) is 5.56 Å². The number of tetrazole rings is 1. The Kier molecular flexibility index (Phi) is 7.59. The molecule has 0 saturated heterocycles. The zero-order valence-electron chi connectivity index (χ0n) is 22.0. The zero-order chi connectivity index (χ0) is 25.9. The molecule has 0 spiro atoms. The number of fused-ring (bicyclic) bond motifs is 1. The molecule has 0 amide bonds. The lowest BCUT2D eigenvalue weighted by Gasteiger charge is -2.35. The van der Waals surface area contributed by atoms with Gasteiger partial charge in [-0.1, -0.05) is 20.8 Å². The van der Waals surface area contributed by atoms with Gasteiger partial charge in [-0.2, -0.15) is 0 Å². The van der Waals surface area contributed by atoms with Gasteiger partial charge in [0.15, 0.2) is 5.82 Å². The molecule has 1 aromatic carbocycles. The van der Waals surface area contributed by atoms with Crippen LogP contribution in [0.3, 0.4) is 0 Å². The van der Waals surface area contributed by atoms with Gasteiger partial charge in [-0.25, -0.2) is 4.68 Å². The highest BCUT2D eigenvalue weighted by Crippen LogP contribution is 2.33. The fourth-order valence-electron chi connectivity index (χ4n) is 4.52. The summed E-state index contributed by atoms with van der Waals surface area (Å²) in [4.78, 5) is 18.4. The van der Waals surface area contributed by atoms with Crippen molar-refractivity contribution in [1.82, 2.24) is 30.1 Å². The smallest absolute Gasteiger partial charge is 0.252 e. The Labute approximate surface area is 211 Å². The predicted octanol–water partition coefficient (Wildman–Crippen LogP) is 5.05. The molecule has 0 aliphatic rings. The molecule has 0 bridgehead atoms. The van der Waals surface area contributed by atoms with Crippen molar-refractivity contribution >= 4 is 10.9 Å². The van der Waals surface area contributed by atoms with E-state index in [0.717, 1.165) is 34.7 Å². The number of nitrogens with one attached hydrogen (secondary N) is 1. The molecule has 9 nitrogen and oxygen atoms in total. The highest BCUT2D eigenvalue weighted by atomic mass is 16.5. The van der Waals surface area contributed by atoms with Crippen LogP contribution in [0, 0.1) is 5.92 Å². The number of H-pyrrole nitrogens is 1. The molecule has 0 aliphatic heterocycles. The summed E-state index contributed by atoms with van der Waals surface area (Å²) in [5.41, 5.74) is 1.06. The van der Waals surface area contributed by atoms with Crippen molar-refractivity contribution in [3.63, 3.8) is 0 Å². The SMILES string of the molecule is CCOc1ccc2[nH]c(=O)c(CN(Cc3ccco3)[C@H](c3nnnn3C(C)(C)CC)C(C)C)cc2c1. The highest BCUT2D eigenvalue weighted by molar-refractivity contribution is 5.80. The summed E-state index contributed by atoms with van der Waals surface area (Å²) in [7, 11) is 0. The molecule has 4 rings (SSSR count). The fraction of sp³-hybridized carbons (Fsp3) is 0.481. The summed E-state index contributed by atoms with van der Waals surface area (Å²) in [6.45, 7) is 14.1. The van der Waals surface area contributed by atoms with Crippen LogP contribution in [0.1, 0.15) is 71.2 Å². The van der Waals surface area contributed by atoms with E-state index in [9.17, 15) is 4.79 Å². The Hall–Kier alpha value is -3.46. The first-order valence-electron chi connectivity index (χ1n) is 12.6. The summed E-state index contributed by atoms with van der Waals surface area (Å²) in [5, 5.41) is 13.8. The van der Waals surface area contributed by atoms with Crippen molar-refractivity contribution in [2.45, 2.75) is 72.6 Å². The van der Waals surface area contributed by atoms with E-state index in [1.165, 1.54) is 0 Å². The quantitative estimate of drug-likeness (QED) is 0.312. The van der Waals surface area contributed by atoms with E-state index >= 15 is 0 Å². The second-order valence-corrected chi connectivity index (χ2v) is 10.1. The molecule has 1 atom stereocenters. The number of rotatable bonds is 11. The van der Waals surface area contributed by atoms with Crippen LogP contribution in [0.15, 0.2) is 51.9 Å². The van der Waals surface area contributed by atoms with E-state index in [0.29, 0.717) is 25.3 Å². The molecular weight excluding hydrogens is 456 g/mol. The van der Waals surface area contributed by atoms with Crippen molar-refractivity contribution in [2.24, 2.45) is 5.92 Å². The fourth-order valence-corrected chi connectivity index (χ4v) is 4.52. The minimum Gasteiger partial charge on any atom is -0.494 e. The van der Waals surface area contributed by atoms with Gasteiger partial charge in [-0.15, -0.1) is 5.10 Å². The summed E-state index contributed by atoms with van der Waals surface area (Å²) in [6, 6.07) is 11.3. The summed E-state index contributed by atoms with van der Waals surface area (Å²) >= 11 is 0. The maximum absolute atomic E-state index is 13.2. The number of furan rings is 1. The number of pyridine rings is 1. The molecule has 1 N–H and O–H groups in total. The van der Waals surface area contributed by atoms with E-state index in [2.05, 4.69) is 60.0 Å². The number of nitrogens with zero attached hydrogens (tertiary/aromatic N) is 5. The van der Waals surface area contributed by atoms with E-state index in [-0.39, 0.29) is 23.1 Å². The van der Waals surface area contributed by atoms with Crippen molar-refractivity contribution < 1.29 is 9.15 Å². The minimum atomic E-state index is -0.252. The van der Waals surface area contributed by atoms with Crippen LogP contribution in [0.2, 0.25) is 0 Å². The summed E-state index contributed by atoms with van der Waals surface area (Å²) < 4.78 is 13.3. The molecule has 0 saturated carbocycles. The lowest BCUT2D eigenvalue weighted by molar-refractivity contribution is 0.109. The zero-order valence-corrected chi connectivity index (χ0v) is 22.0. The van der Waals surface area contributed by atoms with Gasteiger partial charge in [0.05, 0.1) is 31.0 Å². The van der Waals surface area contributed by atoms with Crippen molar-refractivity contribution in [2.75, 3.05) is 6.61 Å². The lowest BCUT2D eigenvalue weighted by atomic mass is 9.97. The molecule has 0 fully saturated rings. The van der Waals surface area contributed by atoms with Gasteiger partial charge in [0, 0.05) is 23.0 Å². The van der Waals surface area contributed by atoms with Gasteiger partial charge in [0.1, 0.15) is 11.5 Å². The third kappa shape index (κ3) is 5.36. The largest absolute Gasteiger partial charge is 0.494 e. The van der Waals surface area contributed by atoms with Crippen LogP contribution in [0.5, 0.6) is 5.75 Å². The van der Waals surface area contributed by atoms with Gasteiger partial charge >= 0.3 is 0 Å². The van der Waals surface area contributed by atoms with E-state index in [4.69, 9.17) is 9.15 Å². The minimum absolute atomic E-state index is 0.118. The number of hydrogen-bond donors (Lipinski definition) is 1. The van der Waals surface area contributed by atoms with Gasteiger partial charge in [-0.3, -0.25) is 9.69 Å². The van der Waals surface area contributed by atoms with Crippen LogP contribution in [0.4, 0.5) is 0 Å². The number of aromatic amines is 1. The summed E-state index contributed by atoms with van der Waals surface area (Å²) in [6.07, 6.45) is 2.54. The second-order valence-electron chi connectivity index (χ2n) is 10.1. The van der Waals surface area contributed by atoms with Crippen LogP contribution < -0.4 is 10.3 Å². The number of hydrogen-bond acceptors (Lipinski definition) is 7. The summed E-state index contributed by atoms with van der Waals surface area (Å²) in [5.74, 6) is 2.53. The first kappa shape index (κ1) is 25.6. The topological polar surface area (TPSA) is 102 Å². The van der Waals surface area contributed by atoms with Gasteiger partial charge < -0.3 is 14.1 Å². The molecule has 36 heavy (non-hydrogen) atoms. The molecular formula is C27H36N6O3. The molecule has 192 valence electrons. The standard InChI is InChI=1S/C27H36N6O3/c1-7-27(5,6)33-25(29-30-31-33)24(18(3)4)32(17-22-10-9-13-36-22)16-20-14-19-15-21(35-8-2)11-12-23(19)28-26(20)34/h9-15,18,24H,7-8,16-17H2,1-6H3,(H,28,34)/t24-/m0/s1. The maximum Gasteiger partial charge on any atom is 0.252 e. The second kappa shape index (κ2) is 10.7. The van der Waals surface area contributed by atoms with Crippen LogP contribution >= 0.6 is 0 Å². The predicted molar refractivity (Wildman–Crippen MR) is 139 cm³/mol. The maximum atomic E-state index is 13.2. The Bertz CT molecular complexity index is 1340. The van der Waals surface area contributed by atoms with Crippen LogP contribution in [-0.4, -0.2) is 36.7 Å². The Balaban J connectivity index is 1.78. The molecule has 3 aromatic heterocycles. The monoisotopic (exact) mass is 492 g/mol. The van der Waals surface area contributed by atoms with E-state index in [1.54, 1.807) is 6.26 Å². The highest BCUT2D eigenvalue weighted by Gasteiger charge is 2.34. The van der Waals surface area contributed by atoms with Gasteiger partial charge in [0.2, 0.25) is 0 Å². The number of aromatic nitrogens is 5. The van der Waals surface area contributed by atoms with Crippen LogP contribution in [0.25, 0.3) is 10.9 Å². The third-order valence-corrected chi connectivity index (χ3v) is 6.74. The van der Waals surface area contributed by atoms with Crippen molar-refractivity contribution in [1.29, 1.82) is 0 Å². The molecule has 9 heteroatoms. The van der Waals surface area contributed by atoms with Gasteiger partial charge in [-0.05, 0) is 79.9 Å². The normalized spacial score (nSPS) is 13.1. The van der Waals surface area contributed by atoms with E-state index < -0.39 is 0 Å². The van der Waals surface area contributed by atoms with E-state index in [1.807, 2.05) is 48.0 Å². The average molecular weight is 493 g/mol. The lowest BCUT2D eigenvalue weighted by Crippen LogP contribution is -2.38. The molecule has 0 aliphatic carbocycles. The first-order chi connectivity index (χ1) is 17.2. The third-order valence-electron chi connectivity index (χ3n) is 6.74. The Morgan fingerprint density at radius 2 is 1.97 bits per heavy atom. The molecule has 0 radical (unpaired) electrons. The van der Waals surface area contributed by atoms with Crippen molar-refractivity contribution in [3.05, 3.63) is 70.2 Å². The van der Waals surface area contributed by atoms with Crippen LogP contribution in [-0.2, 0) is 18.6 Å². The number of benzene rings is 1. The molecule has 0 unspecified atom stereocenters. The Morgan fingerprint density at radius 1 is 1.17 bits per heavy atom. The molecule has 3 heterocycles. The molecule has 4 aromatic rings.